The van der Waals surface area contributed by atoms with Crippen LogP contribution in [0, 0.1) is 33.8 Å². The molecule has 0 aliphatic heterocycles. The molecule has 2 N–H and O–H groups in total. The third-order valence-electron chi connectivity index (χ3n) is 9.08. The molecule has 0 atom stereocenters. The first kappa shape index (κ1) is 50.7. The Kier molecular flexibility index (Phi) is 17.8. The van der Waals surface area contributed by atoms with Crippen molar-refractivity contribution in [3.63, 3.8) is 0 Å². The van der Waals surface area contributed by atoms with Crippen molar-refractivity contribution in [3.8, 4) is 28.2 Å². The maximum Gasteiger partial charge on any atom is 0.164 e. The minimum absolute atomic E-state index is 0. The van der Waals surface area contributed by atoms with Gasteiger partial charge in [-0.25, -0.2) is 0 Å². The molecule has 0 saturated heterocycles. The van der Waals surface area contributed by atoms with Gasteiger partial charge in [-0.15, -0.1) is 47.5 Å². The Balaban J connectivity index is 0.000000361. The van der Waals surface area contributed by atoms with Crippen LogP contribution in [0.15, 0.2) is 127 Å². The third kappa shape index (κ3) is 13.8. The van der Waals surface area contributed by atoms with Crippen LogP contribution in [0.5, 0.6) is 0 Å². The van der Waals surface area contributed by atoms with Crippen molar-refractivity contribution in [1.82, 2.24) is 14.5 Å². The van der Waals surface area contributed by atoms with E-state index < -0.39 is 10.8 Å². The van der Waals surface area contributed by atoms with E-state index in [2.05, 4.69) is 75.2 Å². The molecule has 3 aromatic carbocycles. The maximum absolute atomic E-state index is 11.5. The second-order valence-corrected chi connectivity index (χ2v) is 18.2. The number of para-hydroxylation sites is 1. The SMILES string of the molecule is CC(C)(C)C(=O)/C=C(\O)C(C)(C)C.CC(C)(C)C(=O)/C=C(\O)C(C)(C)C.[Pt].[Pt].[c-]1cc2c(cc1-c1ccccn1)c1cc(-c3ccccn3)[c-]cc1n2-c1ccccc1. The molecular formula is C50H57N3O4Pt2-2. The van der Waals surface area contributed by atoms with Crippen LogP contribution < -0.4 is 0 Å². The van der Waals surface area contributed by atoms with Crippen LogP contribution in [-0.2, 0) is 51.7 Å². The number of hydrogen-bond donors (Lipinski definition) is 2. The average Bonchev–Trinajstić information content (AvgIpc) is 3.48. The van der Waals surface area contributed by atoms with Crippen LogP contribution in [-0.4, -0.2) is 36.3 Å². The summed E-state index contributed by atoms with van der Waals surface area (Å²) >= 11 is 0. The van der Waals surface area contributed by atoms with Crippen molar-refractivity contribution >= 4 is 33.4 Å². The van der Waals surface area contributed by atoms with E-state index in [-0.39, 0.29) is 76.0 Å². The summed E-state index contributed by atoms with van der Waals surface area (Å²) in [6.07, 6.45) is 6.30. The second kappa shape index (κ2) is 20.7. The van der Waals surface area contributed by atoms with Gasteiger partial charge in [0.15, 0.2) is 11.6 Å². The molecule has 0 spiro atoms. The van der Waals surface area contributed by atoms with Crippen LogP contribution in [0.4, 0.5) is 0 Å². The maximum atomic E-state index is 11.5. The van der Waals surface area contributed by atoms with Gasteiger partial charge in [-0.1, -0.05) is 136 Å². The molecule has 3 heterocycles. The molecule has 7 nitrogen and oxygen atoms in total. The molecule has 9 heteroatoms. The first-order valence-corrected chi connectivity index (χ1v) is 19.2. The predicted octanol–water partition coefficient (Wildman–Crippen LogP) is 12.7. The number of carbonyl (C=O) groups excluding carboxylic acids is 2. The molecule has 0 bridgehead atoms. The number of aliphatic hydroxyl groups excluding tert-OH is 2. The van der Waals surface area contributed by atoms with Crippen molar-refractivity contribution in [1.29, 1.82) is 0 Å². The zero-order chi connectivity index (χ0) is 42.3. The number of benzene rings is 3. The smallest absolute Gasteiger partial charge is 0.164 e. The Morgan fingerprint density at radius 1 is 0.542 bits per heavy atom. The largest absolute Gasteiger partial charge is 0.512 e. The number of hydrogen-bond acceptors (Lipinski definition) is 6. The molecule has 6 rings (SSSR count). The number of allylic oxidation sites excluding steroid dienone is 4. The summed E-state index contributed by atoms with van der Waals surface area (Å²) in [6.45, 7) is 22.2. The first-order valence-electron chi connectivity index (χ1n) is 19.2. The molecule has 6 aromatic rings. The topological polar surface area (TPSA) is 105 Å². The first-order chi connectivity index (χ1) is 26.5. The standard InChI is InChI=1S/C28H17N3.2C11H20O2.2Pt/c1-2-8-22(9-3-1)31-27-14-12-20(25-10-4-6-16-29-25)18-23(27)24-19-21(13-15-28(24)31)26-11-5-7-17-30-26;2*1-10(2,3)8(12)7-9(13)11(4,5)6;;/h1-11,14-19H;2*7,12H,1-6H3;;/q-2;;;;/b;2*8-7-;;. The number of rotatable bonds is 5. The van der Waals surface area contributed by atoms with Crippen molar-refractivity contribution in [2.75, 3.05) is 0 Å². The zero-order valence-electron chi connectivity index (χ0n) is 36.2. The molecule has 3 aromatic heterocycles. The van der Waals surface area contributed by atoms with E-state index in [0.717, 1.165) is 50.0 Å². The zero-order valence-corrected chi connectivity index (χ0v) is 40.7. The fraction of sp³-hybridized carbons (Fsp3) is 0.320. The van der Waals surface area contributed by atoms with Gasteiger partial charge in [0.1, 0.15) is 11.5 Å². The van der Waals surface area contributed by atoms with E-state index >= 15 is 0 Å². The van der Waals surface area contributed by atoms with E-state index in [4.69, 9.17) is 0 Å². The number of carbonyl (C=O) groups is 2. The molecule has 0 unspecified atom stereocenters. The minimum atomic E-state index is -0.417. The fourth-order valence-electron chi connectivity index (χ4n) is 5.21. The number of fused-ring (bicyclic) bond motifs is 3. The van der Waals surface area contributed by atoms with Crippen molar-refractivity contribution in [2.24, 2.45) is 21.7 Å². The predicted molar refractivity (Wildman–Crippen MR) is 234 cm³/mol. The molecular weight excluding hydrogens is 1100 g/mol. The van der Waals surface area contributed by atoms with Crippen molar-refractivity contribution in [2.45, 2.75) is 83.1 Å². The van der Waals surface area contributed by atoms with Crippen molar-refractivity contribution in [3.05, 3.63) is 139 Å². The monoisotopic (exact) mass is 1150 g/mol. The Morgan fingerprint density at radius 3 is 1.20 bits per heavy atom. The second-order valence-electron chi connectivity index (χ2n) is 18.2. The van der Waals surface area contributed by atoms with Gasteiger partial charge in [-0.05, 0) is 46.7 Å². The molecule has 0 radical (unpaired) electrons. The van der Waals surface area contributed by atoms with Crippen LogP contribution >= 0.6 is 0 Å². The molecule has 59 heavy (non-hydrogen) atoms. The summed E-state index contributed by atoms with van der Waals surface area (Å²) in [6, 6.07) is 37.7. The van der Waals surface area contributed by atoms with Crippen LogP contribution in [0.2, 0.25) is 0 Å². The van der Waals surface area contributed by atoms with E-state index in [0.29, 0.717) is 0 Å². The van der Waals surface area contributed by atoms with Gasteiger partial charge in [0.2, 0.25) is 0 Å². The van der Waals surface area contributed by atoms with Gasteiger partial charge in [-0.2, -0.15) is 0 Å². The van der Waals surface area contributed by atoms with Gasteiger partial charge in [0, 0.05) is 94.0 Å². The molecule has 0 saturated carbocycles. The number of aromatic nitrogens is 3. The van der Waals surface area contributed by atoms with Gasteiger partial charge >= 0.3 is 0 Å². The van der Waals surface area contributed by atoms with Crippen LogP contribution in [0.25, 0.3) is 50.0 Å². The Bertz CT molecular complexity index is 2230. The third-order valence-corrected chi connectivity index (χ3v) is 9.08. The molecule has 0 aliphatic rings. The van der Waals surface area contributed by atoms with E-state index in [9.17, 15) is 19.8 Å². The van der Waals surface area contributed by atoms with E-state index in [1.54, 1.807) is 0 Å². The fourth-order valence-corrected chi connectivity index (χ4v) is 5.21. The Hall–Kier alpha value is -4.44. The quantitative estimate of drug-likeness (QED) is 0.101. The summed E-state index contributed by atoms with van der Waals surface area (Å²) in [7, 11) is 0. The van der Waals surface area contributed by atoms with Gasteiger partial charge in [0.25, 0.3) is 0 Å². The number of nitrogens with zero attached hydrogens (tertiary/aromatic N) is 3. The van der Waals surface area contributed by atoms with Crippen LogP contribution in [0.3, 0.4) is 0 Å². The van der Waals surface area contributed by atoms with Gasteiger partial charge in [-0.3, -0.25) is 9.59 Å². The number of aliphatic hydroxyl groups is 2. The summed E-state index contributed by atoms with van der Waals surface area (Å²) in [4.78, 5) is 32.0. The summed E-state index contributed by atoms with van der Waals surface area (Å²) in [5.74, 6) is 0.208. The normalized spacial score (nSPS) is 12.3. The summed E-state index contributed by atoms with van der Waals surface area (Å²) < 4.78 is 2.27. The Labute approximate surface area is 379 Å². The van der Waals surface area contributed by atoms with Gasteiger partial charge in [0.05, 0.1) is 0 Å². The molecule has 318 valence electrons. The summed E-state index contributed by atoms with van der Waals surface area (Å²) in [5.41, 5.74) is 5.58. The number of ketones is 2. The van der Waals surface area contributed by atoms with Crippen molar-refractivity contribution < 1.29 is 61.9 Å². The Morgan fingerprint density at radius 2 is 0.898 bits per heavy atom. The molecule has 0 aliphatic carbocycles. The van der Waals surface area contributed by atoms with E-state index in [1.807, 2.05) is 138 Å². The molecule has 0 fully saturated rings. The van der Waals surface area contributed by atoms with E-state index in [1.165, 1.54) is 12.2 Å². The molecule has 0 amide bonds. The number of pyridine rings is 2. The van der Waals surface area contributed by atoms with Gasteiger partial charge < -0.3 is 24.7 Å². The van der Waals surface area contributed by atoms with Crippen LogP contribution in [0.1, 0.15) is 83.1 Å². The summed E-state index contributed by atoms with van der Waals surface area (Å²) in [5, 5.41) is 21.4. The minimum Gasteiger partial charge on any atom is -0.512 e. The average molecular weight is 1150 g/mol.